The van der Waals surface area contributed by atoms with E-state index in [1.807, 2.05) is 13.0 Å². The molecular weight excluding hydrogens is 481 g/mol. The largest absolute Gasteiger partial charge is 0.485 e. The maximum atomic E-state index is 14.2. The van der Waals surface area contributed by atoms with E-state index < -0.39 is 11.7 Å². The molecule has 0 saturated heterocycles. The molecule has 0 spiro atoms. The first-order valence-corrected chi connectivity index (χ1v) is 12.1. The van der Waals surface area contributed by atoms with E-state index in [2.05, 4.69) is 36.4 Å². The van der Waals surface area contributed by atoms with Gasteiger partial charge < -0.3 is 14.5 Å². The summed E-state index contributed by atoms with van der Waals surface area (Å²) < 4.78 is 27.6. The molecule has 0 atom stereocenters. The molecule has 6 nitrogen and oxygen atoms in total. The molecule has 0 aliphatic carbocycles. The van der Waals surface area contributed by atoms with Crippen molar-refractivity contribution in [2.24, 2.45) is 0 Å². The first-order valence-electron chi connectivity index (χ1n) is 11.7. The van der Waals surface area contributed by atoms with Crippen LogP contribution in [0.15, 0.2) is 52.9 Å². The molecule has 4 rings (SSSR count). The number of rotatable bonds is 8. The molecule has 0 aliphatic rings. The second kappa shape index (κ2) is 10.6. The molecule has 0 unspecified atom stereocenters. The number of ether oxygens (including phenoxy) is 1. The molecule has 188 valence electrons. The smallest absolute Gasteiger partial charge is 0.291 e. The third kappa shape index (κ3) is 5.46. The van der Waals surface area contributed by atoms with Gasteiger partial charge in [0.1, 0.15) is 23.9 Å². The highest BCUT2D eigenvalue weighted by Crippen LogP contribution is 2.29. The molecule has 0 radical (unpaired) electrons. The van der Waals surface area contributed by atoms with E-state index in [0.717, 1.165) is 16.9 Å². The number of nitrogens with zero attached hydrogens (tertiary/aromatic N) is 2. The van der Waals surface area contributed by atoms with E-state index in [1.54, 1.807) is 42.8 Å². The Hall–Kier alpha value is -3.58. The number of furan rings is 1. The van der Waals surface area contributed by atoms with Gasteiger partial charge in [0, 0.05) is 10.6 Å². The summed E-state index contributed by atoms with van der Waals surface area (Å²) in [5.41, 5.74) is 4.39. The van der Waals surface area contributed by atoms with Gasteiger partial charge in [0.2, 0.25) is 0 Å². The number of nitrogens with one attached hydrogen (secondary N) is 1. The number of benzene rings is 2. The zero-order valence-electron chi connectivity index (χ0n) is 21.0. The van der Waals surface area contributed by atoms with Gasteiger partial charge in [-0.2, -0.15) is 5.10 Å². The highest BCUT2D eigenvalue weighted by atomic mass is 35.5. The summed E-state index contributed by atoms with van der Waals surface area (Å²) >= 11 is 6.17. The standard InChI is InChI=1S/C28H29ClFN3O3/c1-16(2)21-11-9-17(3)13-26(21)35-15-20-10-12-25(36-20)28(34)31-27-18(4)32-33(19(27)5)14-22-23(29)7-6-8-24(22)30/h6-13,16H,14-15H2,1-5H3,(H,31,34). The van der Waals surface area contributed by atoms with Gasteiger partial charge in [-0.3, -0.25) is 9.48 Å². The van der Waals surface area contributed by atoms with Crippen LogP contribution < -0.4 is 10.1 Å². The van der Waals surface area contributed by atoms with Crippen LogP contribution in [-0.4, -0.2) is 15.7 Å². The number of halogens is 2. The lowest BCUT2D eigenvalue weighted by Crippen LogP contribution is -2.13. The van der Waals surface area contributed by atoms with Gasteiger partial charge in [-0.1, -0.05) is 43.6 Å². The fraction of sp³-hybridized carbons (Fsp3) is 0.286. The fourth-order valence-corrected chi connectivity index (χ4v) is 4.23. The van der Waals surface area contributed by atoms with Crippen molar-refractivity contribution < 1.29 is 18.3 Å². The summed E-state index contributed by atoms with van der Waals surface area (Å²) in [5.74, 6) is 1.01. The number of aryl methyl sites for hydroxylation is 2. The molecule has 0 aliphatic heterocycles. The average molecular weight is 510 g/mol. The van der Waals surface area contributed by atoms with Crippen LogP contribution in [0.4, 0.5) is 10.1 Å². The molecule has 4 aromatic rings. The molecule has 2 heterocycles. The summed E-state index contributed by atoms with van der Waals surface area (Å²) in [7, 11) is 0. The number of aromatic nitrogens is 2. The summed E-state index contributed by atoms with van der Waals surface area (Å²) in [5, 5.41) is 7.65. The van der Waals surface area contributed by atoms with Crippen LogP contribution in [0, 0.1) is 26.6 Å². The third-order valence-corrected chi connectivity index (χ3v) is 6.39. The predicted octanol–water partition coefficient (Wildman–Crippen LogP) is 7.20. The van der Waals surface area contributed by atoms with Gasteiger partial charge in [0.15, 0.2) is 5.76 Å². The molecule has 8 heteroatoms. The Morgan fingerprint density at radius 2 is 1.94 bits per heavy atom. The lowest BCUT2D eigenvalue weighted by Gasteiger charge is -2.14. The highest BCUT2D eigenvalue weighted by molar-refractivity contribution is 6.31. The van der Waals surface area contributed by atoms with E-state index in [1.165, 1.54) is 6.07 Å². The van der Waals surface area contributed by atoms with E-state index in [0.29, 0.717) is 39.3 Å². The Morgan fingerprint density at radius 3 is 2.67 bits per heavy atom. The van der Waals surface area contributed by atoms with Crippen LogP contribution in [0.5, 0.6) is 5.75 Å². The van der Waals surface area contributed by atoms with E-state index in [9.17, 15) is 9.18 Å². The second-order valence-corrected chi connectivity index (χ2v) is 9.52. The number of carbonyl (C=O) groups is 1. The first-order chi connectivity index (χ1) is 17.1. The first kappa shape index (κ1) is 25.5. The lowest BCUT2D eigenvalue weighted by molar-refractivity contribution is 0.0992. The quantitative estimate of drug-likeness (QED) is 0.273. The number of hydrogen-bond acceptors (Lipinski definition) is 4. The number of amides is 1. The Balaban J connectivity index is 1.45. The van der Waals surface area contributed by atoms with E-state index in [4.69, 9.17) is 20.8 Å². The molecule has 0 saturated carbocycles. The van der Waals surface area contributed by atoms with Crippen LogP contribution in [0.1, 0.15) is 64.2 Å². The van der Waals surface area contributed by atoms with Gasteiger partial charge in [0.25, 0.3) is 5.91 Å². The normalized spacial score (nSPS) is 11.2. The summed E-state index contributed by atoms with van der Waals surface area (Å²) in [6.45, 7) is 10.2. The zero-order chi connectivity index (χ0) is 26.0. The van der Waals surface area contributed by atoms with E-state index in [-0.39, 0.29) is 18.9 Å². The highest BCUT2D eigenvalue weighted by Gasteiger charge is 2.19. The Labute approximate surface area is 215 Å². The SMILES string of the molecule is Cc1ccc(C(C)C)c(OCc2ccc(C(=O)Nc3c(C)nn(Cc4c(F)cccc4Cl)c3C)o2)c1. The minimum Gasteiger partial charge on any atom is -0.485 e. The van der Waals surface area contributed by atoms with Crippen molar-refractivity contribution in [2.75, 3.05) is 5.32 Å². The van der Waals surface area contributed by atoms with Crippen molar-refractivity contribution in [1.29, 1.82) is 0 Å². The van der Waals surface area contributed by atoms with E-state index >= 15 is 0 Å². The van der Waals surface area contributed by atoms with Crippen molar-refractivity contribution in [3.8, 4) is 5.75 Å². The molecule has 1 amide bonds. The molecule has 36 heavy (non-hydrogen) atoms. The maximum absolute atomic E-state index is 14.2. The Morgan fingerprint density at radius 1 is 1.17 bits per heavy atom. The van der Waals surface area contributed by atoms with Crippen LogP contribution in [0.2, 0.25) is 5.02 Å². The van der Waals surface area contributed by atoms with Crippen molar-refractivity contribution in [3.63, 3.8) is 0 Å². The van der Waals surface area contributed by atoms with Crippen LogP contribution in [-0.2, 0) is 13.2 Å². The zero-order valence-corrected chi connectivity index (χ0v) is 21.7. The van der Waals surface area contributed by atoms with Crippen molar-refractivity contribution in [2.45, 2.75) is 53.7 Å². The third-order valence-electron chi connectivity index (χ3n) is 6.04. The van der Waals surface area contributed by atoms with Crippen LogP contribution in [0.3, 0.4) is 0 Å². The topological polar surface area (TPSA) is 69.3 Å². The van der Waals surface area contributed by atoms with Gasteiger partial charge in [0.05, 0.1) is 23.6 Å². The summed E-state index contributed by atoms with van der Waals surface area (Å²) in [6, 6.07) is 14.0. The maximum Gasteiger partial charge on any atom is 0.291 e. The van der Waals surface area contributed by atoms with Crippen molar-refractivity contribution in [3.05, 3.63) is 99.0 Å². The van der Waals surface area contributed by atoms with Gasteiger partial charge in [-0.15, -0.1) is 0 Å². The van der Waals surface area contributed by atoms with Gasteiger partial charge in [-0.05, 0) is 68.1 Å². The molecule has 0 fully saturated rings. The van der Waals surface area contributed by atoms with Crippen LogP contribution in [0.25, 0.3) is 0 Å². The summed E-state index contributed by atoms with van der Waals surface area (Å²) in [6.07, 6.45) is 0. The monoisotopic (exact) mass is 509 g/mol. The molecule has 1 N–H and O–H groups in total. The van der Waals surface area contributed by atoms with Crippen LogP contribution >= 0.6 is 11.6 Å². The number of hydrogen-bond donors (Lipinski definition) is 1. The second-order valence-electron chi connectivity index (χ2n) is 9.11. The average Bonchev–Trinajstić information content (AvgIpc) is 3.40. The Bertz CT molecular complexity index is 1390. The van der Waals surface area contributed by atoms with Gasteiger partial charge >= 0.3 is 0 Å². The van der Waals surface area contributed by atoms with Crippen molar-refractivity contribution in [1.82, 2.24) is 9.78 Å². The summed E-state index contributed by atoms with van der Waals surface area (Å²) in [4.78, 5) is 12.9. The van der Waals surface area contributed by atoms with Gasteiger partial charge in [-0.25, -0.2) is 4.39 Å². The number of anilines is 1. The molecular formula is C28H29ClFN3O3. The Kier molecular flexibility index (Phi) is 7.50. The predicted molar refractivity (Wildman–Crippen MR) is 138 cm³/mol. The van der Waals surface area contributed by atoms with Crippen molar-refractivity contribution >= 4 is 23.2 Å². The molecule has 2 aromatic carbocycles. The number of carbonyl (C=O) groups excluding carboxylic acids is 1. The molecule has 2 aromatic heterocycles. The lowest BCUT2D eigenvalue weighted by atomic mass is 10.0. The minimum atomic E-state index is -0.408. The fourth-order valence-electron chi connectivity index (χ4n) is 4.01. The minimum absolute atomic E-state index is 0.146. The molecule has 0 bridgehead atoms.